The Bertz CT molecular complexity index is 703. The van der Waals surface area contributed by atoms with Crippen LogP contribution in [-0.2, 0) is 4.79 Å². The van der Waals surface area contributed by atoms with E-state index >= 15 is 0 Å². The second-order valence-corrected chi connectivity index (χ2v) is 8.16. The summed E-state index contributed by atoms with van der Waals surface area (Å²) in [4.78, 5) is 16.1. The molecule has 0 aromatic carbocycles. The summed E-state index contributed by atoms with van der Waals surface area (Å²) in [5.41, 5.74) is 2.65. The smallest absolute Gasteiger partial charge is 0.307 e. The third-order valence-electron chi connectivity index (χ3n) is 4.54. The number of rotatable bonds is 6. The number of piperidine rings is 1. The Labute approximate surface area is 151 Å². The number of hydrogen-bond acceptors (Lipinski definition) is 4. The van der Waals surface area contributed by atoms with Crippen LogP contribution < -0.4 is 0 Å². The summed E-state index contributed by atoms with van der Waals surface area (Å²) in [5.74, 6) is -0.845. The van der Waals surface area contributed by atoms with E-state index < -0.39 is 5.97 Å². The maximum atomic E-state index is 11.2. The molecule has 0 amide bonds. The van der Waals surface area contributed by atoms with Gasteiger partial charge in [0.05, 0.1) is 5.92 Å². The van der Waals surface area contributed by atoms with Crippen molar-refractivity contribution in [2.45, 2.75) is 26.2 Å². The van der Waals surface area contributed by atoms with Crippen LogP contribution in [0.2, 0.25) is 0 Å². The van der Waals surface area contributed by atoms with Gasteiger partial charge < -0.3 is 10.0 Å². The number of carbonyl (C=O) groups is 1. The van der Waals surface area contributed by atoms with Crippen molar-refractivity contribution in [3.05, 3.63) is 50.4 Å². The zero-order valence-corrected chi connectivity index (χ0v) is 15.5. The number of nitrogens with zero attached hydrogens (tertiary/aromatic N) is 1. The predicted octanol–water partition coefficient (Wildman–Crippen LogP) is 4.74. The number of likely N-dealkylation sites (tertiary alicyclic amines) is 1. The molecule has 0 aliphatic carbocycles. The normalized spacial score (nSPS) is 19.5. The van der Waals surface area contributed by atoms with Gasteiger partial charge in [-0.3, -0.25) is 4.79 Å². The molecule has 0 bridgehead atoms. The molecule has 2 aromatic rings. The number of hydrogen-bond donors (Lipinski definition) is 1. The molecule has 2 aromatic heterocycles. The molecule has 24 heavy (non-hydrogen) atoms. The summed E-state index contributed by atoms with van der Waals surface area (Å²) in [6, 6.07) is 6.44. The first kappa shape index (κ1) is 17.4. The van der Waals surface area contributed by atoms with Gasteiger partial charge in [-0.1, -0.05) is 12.1 Å². The number of carboxylic acid groups (broad SMARTS) is 1. The van der Waals surface area contributed by atoms with Gasteiger partial charge in [0.25, 0.3) is 0 Å². The SMILES string of the molecule is Cc1ccsc1C(=CCCN1CCC[C@H](C(=O)O)C1)c1cccs1. The fourth-order valence-electron chi connectivity index (χ4n) is 3.24. The van der Waals surface area contributed by atoms with E-state index in [9.17, 15) is 9.90 Å². The van der Waals surface area contributed by atoms with E-state index in [-0.39, 0.29) is 5.92 Å². The second-order valence-electron chi connectivity index (χ2n) is 6.29. The van der Waals surface area contributed by atoms with Crippen molar-refractivity contribution in [2.75, 3.05) is 19.6 Å². The highest BCUT2D eigenvalue weighted by Crippen LogP contribution is 2.33. The van der Waals surface area contributed by atoms with E-state index in [2.05, 4.69) is 46.9 Å². The Morgan fingerprint density at radius 3 is 2.92 bits per heavy atom. The van der Waals surface area contributed by atoms with Gasteiger partial charge in [-0.05, 0) is 61.2 Å². The summed E-state index contributed by atoms with van der Waals surface area (Å²) >= 11 is 3.57. The second kappa shape index (κ2) is 8.10. The summed E-state index contributed by atoms with van der Waals surface area (Å²) in [6.45, 7) is 4.80. The van der Waals surface area contributed by atoms with Crippen molar-refractivity contribution in [1.82, 2.24) is 4.90 Å². The minimum absolute atomic E-state index is 0.195. The predicted molar refractivity (Wildman–Crippen MR) is 102 cm³/mol. The van der Waals surface area contributed by atoms with Crippen molar-refractivity contribution in [2.24, 2.45) is 5.92 Å². The number of aliphatic carboxylic acids is 1. The van der Waals surface area contributed by atoms with Crippen LogP contribution >= 0.6 is 22.7 Å². The molecule has 0 unspecified atom stereocenters. The molecule has 128 valence electrons. The van der Waals surface area contributed by atoms with Crippen LogP contribution in [-0.4, -0.2) is 35.6 Å². The highest BCUT2D eigenvalue weighted by atomic mass is 32.1. The summed E-state index contributed by atoms with van der Waals surface area (Å²) in [6.07, 6.45) is 5.09. The molecule has 3 heterocycles. The lowest BCUT2D eigenvalue weighted by Crippen LogP contribution is -2.39. The Kier molecular flexibility index (Phi) is 5.87. The largest absolute Gasteiger partial charge is 0.481 e. The Hall–Kier alpha value is -1.43. The Morgan fingerprint density at radius 2 is 2.25 bits per heavy atom. The van der Waals surface area contributed by atoms with Gasteiger partial charge in [-0.15, -0.1) is 22.7 Å². The van der Waals surface area contributed by atoms with Crippen LogP contribution in [0.25, 0.3) is 5.57 Å². The zero-order chi connectivity index (χ0) is 16.9. The number of thiophene rings is 2. The maximum absolute atomic E-state index is 11.2. The molecule has 5 heteroatoms. The first-order valence-corrected chi connectivity index (χ1v) is 10.1. The van der Waals surface area contributed by atoms with Gasteiger partial charge in [0, 0.05) is 28.4 Å². The van der Waals surface area contributed by atoms with Gasteiger partial charge in [0.15, 0.2) is 0 Å². The van der Waals surface area contributed by atoms with Crippen molar-refractivity contribution in [3.63, 3.8) is 0 Å². The van der Waals surface area contributed by atoms with Crippen molar-refractivity contribution in [1.29, 1.82) is 0 Å². The van der Waals surface area contributed by atoms with Gasteiger partial charge in [-0.25, -0.2) is 0 Å². The standard InChI is InChI=1S/C19H23NO2S2/c1-14-8-12-24-18(14)16(17-7-4-11-23-17)6-3-10-20-9-2-5-15(13-20)19(21)22/h4,6-8,11-12,15H,2-3,5,9-10,13H2,1H3,(H,21,22)/t15-/m0/s1. The van der Waals surface area contributed by atoms with E-state index in [1.165, 1.54) is 20.9 Å². The van der Waals surface area contributed by atoms with Crippen LogP contribution in [0.5, 0.6) is 0 Å². The summed E-state index contributed by atoms with van der Waals surface area (Å²) in [7, 11) is 0. The fourth-order valence-corrected chi connectivity index (χ4v) is 5.06. The zero-order valence-electron chi connectivity index (χ0n) is 13.9. The quantitative estimate of drug-likeness (QED) is 0.808. The highest BCUT2D eigenvalue weighted by molar-refractivity contribution is 7.13. The molecule has 3 rings (SSSR count). The topological polar surface area (TPSA) is 40.5 Å². The molecule has 0 saturated carbocycles. The number of carboxylic acids is 1. The van der Waals surface area contributed by atoms with E-state index in [1.807, 2.05) is 0 Å². The lowest BCUT2D eigenvalue weighted by Gasteiger charge is -2.30. The Morgan fingerprint density at radius 1 is 1.38 bits per heavy atom. The lowest BCUT2D eigenvalue weighted by molar-refractivity contribution is -0.143. The summed E-state index contributed by atoms with van der Waals surface area (Å²) < 4.78 is 0. The first-order valence-electron chi connectivity index (χ1n) is 8.39. The minimum atomic E-state index is -0.649. The van der Waals surface area contributed by atoms with Crippen LogP contribution in [0, 0.1) is 12.8 Å². The summed E-state index contributed by atoms with van der Waals surface area (Å²) in [5, 5.41) is 13.5. The van der Waals surface area contributed by atoms with Crippen LogP contribution in [0.15, 0.2) is 35.0 Å². The average molecular weight is 362 g/mol. The monoisotopic (exact) mass is 361 g/mol. The molecule has 1 aliphatic rings. The van der Waals surface area contributed by atoms with Gasteiger partial charge in [0.1, 0.15) is 0 Å². The molecular weight excluding hydrogens is 338 g/mol. The molecule has 1 fully saturated rings. The van der Waals surface area contributed by atoms with E-state index in [0.717, 1.165) is 32.4 Å². The van der Waals surface area contributed by atoms with Crippen molar-refractivity contribution < 1.29 is 9.90 Å². The number of aryl methyl sites for hydroxylation is 1. The Balaban J connectivity index is 1.68. The minimum Gasteiger partial charge on any atom is -0.481 e. The van der Waals surface area contributed by atoms with Crippen LogP contribution in [0.3, 0.4) is 0 Å². The molecule has 3 nitrogen and oxygen atoms in total. The van der Waals surface area contributed by atoms with E-state index in [1.54, 1.807) is 22.7 Å². The third kappa shape index (κ3) is 4.15. The van der Waals surface area contributed by atoms with E-state index in [4.69, 9.17) is 0 Å². The maximum Gasteiger partial charge on any atom is 0.307 e. The van der Waals surface area contributed by atoms with Crippen LogP contribution in [0.4, 0.5) is 0 Å². The molecular formula is C19H23NO2S2. The van der Waals surface area contributed by atoms with Gasteiger partial charge in [0.2, 0.25) is 0 Å². The van der Waals surface area contributed by atoms with Gasteiger partial charge in [-0.2, -0.15) is 0 Å². The molecule has 1 atom stereocenters. The fraction of sp³-hybridized carbons (Fsp3) is 0.421. The van der Waals surface area contributed by atoms with Crippen molar-refractivity contribution in [3.8, 4) is 0 Å². The van der Waals surface area contributed by atoms with Crippen molar-refractivity contribution >= 4 is 34.2 Å². The average Bonchev–Trinajstić information content (AvgIpc) is 3.24. The molecule has 1 N–H and O–H groups in total. The first-order chi connectivity index (χ1) is 11.6. The molecule has 0 radical (unpaired) electrons. The molecule has 1 saturated heterocycles. The third-order valence-corrected chi connectivity index (χ3v) is 6.49. The lowest BCUT2D eigenvalue weighted by atomic mass is 9.98. The van der Waals surface area contributed by atoms with Crippen LogP contribution in [0.1, 0.15) is 34.6 Å². The molecule has 0 spiro atoms. The van der Waals surface area contributed by atoms with E-state index in [0.29, 0.717) is 6.54 Å². The molecule has 1 aliphatic heterocycles. The van der Waals surface area contributed by atoms with Gasteiger partial charge >= 0.3 is 5.97 Å². The highest BCUT2D eigenvalue weighted by Gasteiger charge is 2.24.